The number of carbonyl (C=O) groups is 2. The molecule has 7 heteroatoms. The highest BCUT2D eigenvalue weighted by molar-refractivity contribution is 6.00. The standard InChI is InChI=1S/C24H22F2N2O3/c25-21-11-17(13-27)20(12-22(21)26)23(29)16-9-18-7-4-8-19(10-16)28(18)24(30)31-14-15-5-2-1-3-6-15/h1-3,5-6,11-12,16,18-19H,4,7-10,14H2. The summed E-state index contributed by atoms with van der Waals surface area (Å²) in [6.45, 7) is 0.179. The lowest BCUT2D eigenvalue weighted by Crippen LogP contribution is -2.55. The fourth-order valence-electron chi connectivity index (χ4n) is 4.75. The van der Waals surface area contributed by atoms with Crippen molar-refractivity contribution in [3.8, 4) is 6.07 Å². The summed E-state index contributed by atoms with van der Waals surface area (Å²) in [5.41, 5.74) is 0.636. The van der Waals surface area contributed by atoms with Crippen molar-refractivity contribution >= 4 is 11.9 Å². The van der Waals surface area contributed by atoms with E-state index >= 15 is 0 Å². The number of hydrogen-bond donors (Lipinski definition) is 0. The molecular weight excluding hydrogens is 402 g/mol. The SMILES string of the molecule is N#Cc1cc(F)c(F)cc1C(=O)C1CC2CCCC(C1)N2C(=O)OCc1ccccc1. The summed E-state index contributed by atoms with van der Waals surface area (Å²) in [5.74, 6) is -3.12. The summed E-state index contributed by atoms with van der Waals surface area (Å²) in [7, 11) is 0. The number of piperidine rings is 2. The van der Waals surface area contributed by atoms with Crippen LogP contribution in [0.1, 0.15) is 53.6 Å². The Hall–Kier alpha value is -3.27. The fourth-order valence-corrected chi connectivity index (χ4v) is 4.75. The van der Waals surface area contributed by atoms with Crippen LogP contribution in [0.5, 0.6) is 0 Å². The Labute approximate surface area is 179 Å². The summed E-state index contributed by atoms with van der Waals surface area (Å²) in [6, 6.07) is 12.5. The van der Waals surface area contributed by atoms with Gasteiger partial charge >= 0.3 is 6.09 Å². The maximum Gasteiger partial charge on any atom is 0.410 e. The van der Waals surface area contributed by atoms with Crippen molar-refractivity contribution < 1.29 is 23.1 Å². The molecule has 2 heterocycles. The first-order valence-electron chi connectivity index (χ1n) is 10.4. The minimum atomic E-state index is -1.15. The van der Waals surface area contributed by atoms with Crippen LogP contribution in [0.2, 0.25) is 0 Å². The van der Waals surface area contributed by atoms with E-state index in [1.54, 1.807) is 11.0 Å². The zero-order chi connectivity index (χ0) is 22.0. The molecule has 0 N–H and O–H groups in total. The van der Waals surface area contributed by atoms with Gasteiger partial charge in [0, 0.05) is 23.6 Å². The molecule has 2 bridgehead atoms. The van der Waals surface area contributed by atoms with Gasteiger partial charge in [-0.15, -0.1) is 0 Å². The van der Waals surface area contributed by atoms with Gasteiger partial charge in [0.1, 0.15) is 6.61 Å². The average molecular weight is 424 g/mol. The number of ether oxygens (including phenoxy) is 1. The predicted octanol–water partition coefficient (Wildman–Crippen LogP) is 4.99. The highest BCUT2D eigenvalue weighted by Gasteiger charge is 2.44. The Morgan fingerprint density at radius 3 is 2.35 bits per heavy atom. The molecule has 1 amide bonds. The van der Waals surface area contributed by atoms with Crippen LogP contribution in [0.25, 0.3) is 0 Å². The number of fused-ring (bicyclic) bond motifs is 2. The number of carbonyl (C=O) groups excluding carboxylic acids is 2. The van der Waals surface area contributed by atoms with Crippen molar-refractivity contribution in [2.24, 2.45) is 5.92 Å². The lowest BCUT2D eigenvalue weighted by atomic mass is 9.75. The van der Waals surface area contributed by atoms with E-state index in [-0.39, 0.29) is 35.6 Å². The lowest BCUT2D eigenvalue weighted by Gasteiger charge is -2.47. The number of nitriles is 1. The Bertz CT molecular complexity index is 1020. The molecule has 2 aromatic rings. The van der Waals surface area contributed by atoms with Gasteiger partial charge in [0.25, 0.3) is 0 Å². The highest BCUT2D eigenvalue weighted by Crippen LogP contribution is 2.39. The van der Waals surface area contributed by atoms with Crippen LogP contribution in [0, 0.1) is 28.9 Å². The van der Waals surface area contributed by atoms with Crippen molar-refractivity contribution in [3.05, 3.63) is 70.8 Å². The molecule has 2 saturated heterocycles. The summed E-state index contributed by atoms with van der Waals surface area (Å²) in [6.07, 6.45) is 2.90. The molecule has 2 aromatic carbocycles. The van der Waals surface area contributed by atoms with Crippen molar-refractivity contribution in [2.75, 3.05) is 0 Å². The van der Waals surface area contributed by atoms with Crippen LogP contribution in [-0.2, 0) is 11.3 Å². The number of amides is 1. The second-order valence-electron chi connectivity index (χ2n) is 8.14. The van der Waals surface area contributed by atoms with Crippen molar-refractivity contribution in [1.29, 1.82) is 5.26 Å². The van der Waals surface area contributed by atoms with Gasteiger partial charge in [0.05, 0.1) is 11.6 Å². The van der Waals surface area contributed by atoms with E-state index in [0.717, 1.165) is 37.0 Å². The van der Waals surface area contributed by atoms with E-state index < -0.39 is 23.6 Å². The third-order valence-electron chi connectivity index (χ3n) is 6.21. The predicted molar refractivity (Wildman–Crippen MR) is 108 cm³/mol. The summed E-state index contributed by atoms with van der Waals surface area (Å²) in [4.78, 5) is 27.6. The second kappa shape index (κ2) is 8.84. The molecule has 0 radical (unpaired) electrons. The maximum atomic E-state index is 13.7. The molecule has 2 fully saturated rings. The molecule has 2 unspecified atom stereocenters. The molecule has 31 heavy (non-hydrogen) atoms. The van der Waals surface area contributed by atoms with Gasteiger partial charge in [-0.2, -0.15) is 5.26 Å². The molecule has 0 aliphatic carbocycles. The van der Waals surface area contributed by atoms with Crippen LogP contribution in [0.4, 0.5) is 13.6 Å². The third-order valence-corrected chi connectivity index (χ3v) is 6.21. The topological polar surface area (TPSA) is 70.4 Å². The van der Waals surface area contributed by atoms with Gasteiger partial charge in [-0.05, 0) is 49.8 Å². The first kappa shape index (κ1) is 21.0. The van der Waals surface area contributed by atoms with Gasteiger partial charge in [-0.25, -0.2) is 13.6 Å². The van der Waals surface area contributed by atoms with E-state index in [2.05, 4.69) is 0 Å². The number of nitrogens with zero attached hydrogens (tertiary/aromatic N) is 2. The molecular formula is C24H22F2N2O3. The largest absolute Gasteiger partial charge is 0.445 e. The molecule has 2 aliphatic heterocycles. The number of rotatable bonds is 4. The number of benzene rings is 2. The molecule has 0 saturated carbocycles. The van der Waals surface area contributed by atoms with Crippen molar-refractivity contribution in [2.45, 2.75) is 50.8 Å². The Kier molecular flexibility index (Phi) is 5.99. The zero-order valence-electron chi connectivity index (χ0n) is 16.9. The first-order chi connectivity index (χ1) is 15.0. The minimum Gasteiger partial charge on any atom is -0.445 e. The molecule has 0 aromatic heterocycles. The smallest absolute Gasteiger partial charge is 0.410 e. The van der Waals surface area contributed by atoms with Crippen molar-refractivity contribution in [1.82, 2.24) is 4.90 Å². The maximum absolute atomic E-state index is 13.7. The van der Waals surface area contributed by atoms with Gasteiger partial charge in [0.15, 0.2) is 17.4 Å². The number of Topliss-reactive ketones (excluding diaryl/α,β-unsaturated/α-hetero) is 1. The molecule has 5 nitrogen and oxygen atoms in total. The van der Waals surface area contributed by atoms with Crippen LogP contribution in [-0.4, -0.2) is 28.9 Å². The molecule has 160 valence electrons. The summed E-state index contributed by atoms with van der Waals surface area (Å²) in [5, 5.41) is 9.25. The first-order valence-corrected chi connectivity index (χ1v) is 10.4. The number of halogens is 2. The highest BCUT2D eigenvalue weighted by atomic mass is 19.2. The number of hydrogen-bond acceptors (Lipinski definition) is 4. The van der Waals surface area contributed by atoms with E-state index in [0.29, 0.717) is 12.8 Å². The van der Waals surface area contributed by atoms with E-state index in [1.165, 1.54) is 0 Å². The van der Waals surface area contributed by atoms with Crippen molar-refractivity contribution in [3.63, 3.8) is 0 Å². The fraction of sp³-hybridized carbons (Fsp3) is 0.375. The Morgan fingerprint density at radius 1 is 1.06 bits per heavy atom. The molecule has 4 rings (SSSR count). The van der Waals surface area contributed by atoms with Crippen LogP contribution in [0.3, 0.4) is 0 Å². The third kappa shape index (κ3) is 4.29. The second-order valence-corrected chi connectivity index (χ2v) is 8.14. The van der Waals surface area contributed by atoms with Gasteiger partial charge in [-0.1, -0.05) is 30.3 Å². The monoisotopic (exact) mass is 424 g/mol. The summed E-state index contributed by atoms with van der Waals surface area (Å²) < 4.78 is 32.7. The Morgan fingerprint density at radius 2 is 1.71 bits per heavy atom. The summed E-state index contributed by atoms with van der Waals surface area (Å²) >= 11 is 0. The van der Waals surface area contributed by atoms with Gasteiger partial charge in [-0.3, -0.25) is 4.79 Å². The van der Waals surface area contributed by atoms with Crippen LogP contribution >= 0.6 is 0 Å². The Balaban J connectivity index is 1.48. The normalized spacial score (nSPS) is 22.5. The number of ketones is 1. The lowest BCUT2D eigenvalue weighted by molar-refractivity contribution is 0.00471. The zero-order valence-corrected chi connectivity index (χ0v) is 16.9. The van der Waals surface area contributed by atoms with E-state index in [9.17, 15) is 23.6 Å². The molecule has 0 spiro atoms. The molecule has 2 aliphatic rings. The van der Waals surface area contributed by atoms with E-state index in [4.69, 9.17) is 4.74 Å². The van der Waals surface area contributed by atoms with Gasteiger partial charge in [0.2, 0.25) is 0 Å². The van der Waals surface area contributed by atoms with Crippen LogP contribution < -0.4 is 0 Å². The quantitative estimate of drug-likeness (QED) is 0.649. The van der Waals surface area contributed by atoms with Crippen LogP contribution in [0.15, 0.2) is 42.5 Å². The minimum absolute atomic E-state index is 0.0930. The molecule has 2 atom stereocenters. The van der Waals surface area contributed by atoms with Gasteiger partial charge < -0.3 is 9.64 Å². The van der Waals surface area contributed by atoms with E-state index in [1.807, 2.05) is 30.3 Å². The average Bonchev–Trinajstić information content (AvgIpc) is 2.78.